The molecule has 0 saturated carbocycles. The van der Waals surface area contributed by atoms with Crippen LogP contribution in [0, 0.1) is 20.8 Å². The first-order valence-corrected chi connectivity index (χ1v) is 7.75. The second kappa shape index (κ2) is 6.85. The molecule has 0 spiro atoms. The summed E-state index contributed by atoms with van der Waals surface area (Å²) in [7, 11) is 0. The predicted octanol–water partition coefficient (Wildman–Crippen LogP) is 3.12. The van der Waals surface area contributed by atoms with Gasteiger partial charge < -0.3 is 5.32 Å². The molecule has 0 saturated heterocycles. The summed E-state index contributed by atoms with van der Waals surface area (Å²) < 4.78 is 2.10. The van der Waals surface area contributed by atoms with Gasteiger partial charge in [-0.15, -0.1) is 0 Å². The quantitative estimate of drug-likeness (QED) is 0.887. The standard InChI is InChI=1S/C17H26N4/c1-6-18-17(15-8-12(3)19-13(4)9-15)11-16-10-14(5)20-21(16)7-2/h8-10,17-18H,6-7,11H2,1-5H3. The molecule has 21 heavy (non-hydrogen) atoms. The molecule has 0 amide bonds. The van der Waals surface area contributed by atoms with Crippen LogP contribution in [0.5, 0.6) is 0 Å². The molecule has 0 aliphatic heterocycles. The normalized spacial score (nSPS) is 12.6. The number of pyridine rings is 1. The van der Waals surface area contributed by atoms with E-state index in [2.05, 4.69) is 72.9 Å². The lowest BCUT2D eigenvalue weighted by atomic mass is 10.0. The largest absolute Gasteiger partial charge is 0.310 e. The Hall–Kier alpha value is -1.68. The topological polar surface area (TPSA) is 42.7 Å². The van der Waals surface area contributed by atoms with E-state index in [4.69, 9.17) is 0 Å². The van der Waals surface area contributed by atoms with Crippen molar-refractivity contribution < 1.29 is 0 Å². The van der Waals surface area contributed by atoms with Gasteiger partial charge in [-0.3, -0.25) is 9.67 Å². The molecule has 1 N–H and O–H groups in total. The van der Waals surface area contributed by atoms with Crippen LogP contribution in [0.1, 0.15) is 48.2 Å². The summed E-state index contributed by atoms with van der Waals surface area (Å²) in [5.41, 5.74) is 5.83. The minimum atomic E-state index is 0.303. The van der Waals surface area contributed by atoms with E-state index in [9.17, 15) is 0 Å². The van der Waals surface area contributed by atoms with E-state index < -0.39 is 0 Å². The van der Waals surface area contributed by atoms with Crippen molar-refractivity contribution >= 4 is 0 Å². The molecule has 0 radical (unpaired) electrons. The lowest BCUT2D eigenvalue weighted by Crippen LogP contribution is -2.24. The van der Waals surface area contributed by atoms with Gasteiger partial charge in [0.25, 0.3) is 0 Å². The summed E-state index contributed by atoms with van der Waals surface area (Å²) in [6, 6.07) is 6.85. The molecule has 1 atom stereocenters. The Labute approximate surface area is 127 Å². The fraction of sp³-hybridized carbons (Fsp3) is 0.529. The summed E-state index contributed by atoms with van der Waals surface area (Å²) in [6.07, 6.45) is 0.950. The van der Waals surface area contributed by atoms with Gasteiger partial charge in [0.15, 0.2) is 0 Å². The van der Waals surface area contributed by atoms with Gasteiger partial charge in [-0.1, -0.05) is 6.92 Å². The van der Waals surface area contributed by atoms with Crippen molar-refractivity contribution in [1.82, 2.24) is 20.1 Å². The van der Waals surface area contributed by atoms with Gasteiger partial charge in [0.1, 0.15) is 0 Å². The number of aromatic nitrogens is 3. The molecule has 0 aliphatic rings. The van der Waals surface area contributed by atoms with Crippen LogP contribution in [-0.2, 0) is 13.0 Å². The van der Waals surface area contributed by atoms with E-state index in [1.165, 1.54) is 11.3 Å². The first-order valence-electron chi connectivity index (χ1n) is 7.75. The molecule has 2 aromatic rings. The Morgan fingerprint density at radius 3 is 2.29 bits per heavy atom. The molecular formula is C17H26N4. The van der Waals surface area contributed by atoms with E-state index in [0.29, 0.717) is 6.04 Å². The number of nitrogens with one attached hydrogen (secondary N) is 1. The van der Waals surface area contributed by atoms with Crippen molar-refractivity contribution in [2.45, 2.75) is 53.6 Å². The van der Waals surface area contributed by atoms with Crippen molar-refractivity contribution in [3.63, 3.8) is 0 Å². The smallest absolute Gasteiger partial charge is 0.0596 e. The van der Waals surface area contributed by atoms with Crippen LogP contribution in [0.4, 0.5) is 0 Å². The summed E-state index contributed by atoms with van der Waals surface area (Å²) >= 11 is 0. The number of aryl methyl sites for hydroxylation is 4. The van der Waals surface area contributed by atoms with E-state index in [1.54, 1.807) is 0 Å². The maximum atomic E-state index is 4.55. The Bertz CT molecular complexity index is 581. The van der Waals surface area contributed by atoms with Crippen LogP contribution in [0.2, 0.25) is 0 Å². The van der Waals surface area contributed by atoms with Crippen LogP contribution in [0.25, 0.3) is 0 Å². The zero-order chi connectivity index (χ0) is 15.4. The monoisotopic (exact) mass is 286 g/mol. The zero-order valence-electron chi connectivity index (χ0n) is 13.8. The summed E-state index contributed by atoms with van der Waals surface area (Å²) in [5, 5.41) is 8.14. The van der Waals surface area contributed by atoms with Gasteiger partial charge in [-0.05, 0) is 58.0 Å². The average molecular weight is 286 g/mol. The van der Waals surface area contributed by atoms with Crippen molar-refractivity contribution in [2.24, 2.45) is 0 Å². The second-order valence-corrected chi connectivity index (χ2v) is 5.59. The number of nitrogens with zero attached hydrogens (tertiary/aromatic N) is 3. The maximum Gasteiger partial charge on any atom is 0.0596 e. The van der Waals surface area contributed by atoms with Crippen LogP contribution in [-0.4, -0.2) is 21.3 Å². The number of likely N-dealkylation sites (N-methyl/N-ethyl adjacent to an activating group) is 1. The summed E-state index contributed by atoms with van der Waals surface area (Å²) in [5.74, 6) is 0. The highest BCUT2D eigenvalue weighted by atomic mass is 15.3. The van der Waals surface area contributed by atoms with Gasteiger partial charge >= 0.3 is 0 Å². The zero-order valence-corrected chi connectivity index (χ0v) is 13.8. The Kier molecular flexibility index (Phi) is 5.12. The molecule has 114 valence electrons. The van der Waals surface area contributed by atoms with Gasteiger partial charge in [0.2, 0.25) is 0 Å². The molecule has 0 fully saturated rings. The SMILES string of the molecule is CCNC(Cc1cc(C)nn1CC)c1cc(C)nc(C)c1. The fourth-order valence-corrected chi connectivity index (χ4v) is 2.87. The van der Waals surface area contributed by atoms with Gasteiger partial charge in [-0.2, -0.15) is 5.10 Å². The van der Waals surface area contributed by atoms with Gasteiger partial charge in [-0.25, -0.2) is 0 Å². The molecule has 0 aliphatic carbocycles. The lowest BCUT2D eigenvalue weighted by Gasteiger charge is -2.19. The molecule has 2 heterocycles. The average Bonchev–Trinajstić information content (AvgIpc) is 2.77. The van der Waals surface area contributed by atoms with E-state index >= 15 is 0 Å². The molecule has 0 aromatic carbocycles. The van der Waals surface area contributed by atoms with Crippen LogP contribution in [0.15, 0.2) is 18.2 Å². The van der Waals surface area contributed by atoms with Crippen LogP contribution >= 0.6 is 0 Å². The summed E-state index contributed by atoms with van der Waals surface area (Å²) in [6.45, 7) is 12.3. The van der Waals surface area contributed by atoms with Gasteiger partial charge in [0, 0.05) is 36.1 Å². The van der Waals surface area contributed by atoms with Gasteiger partial charge in [0.05, 0.1) is 5.69 Å². The number of hydrogen-bond donors (Lipinski definition) is 1. The van der Waals surface area contributed by atoms with Crippen molar-refractivity contribution in [1.29, 1.82) is 0 Å². The molecule has 1 unspecified atom stereocenters. The van der Waals surface area contributed by atoms with Crippen molar-refractivity contribution in [3.8, 4) is 0 Å². The molecule has 0 bridgehead atoms. The predicted molar refractivity (Wildman–Crippen MR) is 86.5 cm³/mol. The minimum Gasteiger partial charge on any atom is -0.310 e. The number of hydrogen-bond acceptors (Lipinski definition) is 3. The third-order valence-electron chi connectivity index (χ3n) is 3.65. The second-order valence-electron chi connectivity index (χ2n) is 5.59. The highest BCUT2D eigenvalue weighted by molar-refractivity contribution is 5.25. The highest BCUT2D eigenvalue weighted by Gasteiger charge is 2.15. The molecule has 4 heteroatoms. The maximum absolute atomic E-state index is 4.55. The highest BCUT2D eigenvalue weighted by Crippen LogP contribution is 2.20. The van der Waals surface area contributed by atoms with Crippen LogP contribution in [0.3, 0.4) is 0 Å². The van der Waals surface area contributed by atoms with E-state index in [-0.39, 0.29) is 0 Å². The first kappa shape index (κ1) is 15.7. The van der Waals surface area contributed by atoms with Crippen LogP contribution < -0.4 is 5.32 Å². The molecule has 2 aromatic heterocycles. The van der Waals surface area contributed by atoms with E-state index in [1.807, 2.05) is 0 Å². The summed E-state index contributed by atoms with van der Waals surface area (Å²) in [4.78, 5) is 4.48. The third kappa shape index (κ3) is 3.91. The number of rotatable bonds is 6. The van der Waals surface area contributed by atoms with Crippen molar-refractivity contribution in [3.05, 3.63) is 46.5 Å². The Balaban J connectivity index is 2.30. The molecule has 4 nitrogen and oxygen atoms in total. The Morgan fingerprint density at radius 2 is 1.71 bits per heavy atom. The Morgan fingerprint density at radius 1 is 1.05 bits per heavy atom. The minimum absolute atomic E-state index is 0.303. The molecular weight excluding hydrogens is 260 g/mol. The lowest BCUT2D eigenvalue weighted by molar-refractivity contribution is 0.515. The first-order chi connectivity index (χ1) is 10.0. The third-order valence-corrected chi connectivity index (χ3v) is 3.65. The van der Waals surface area contributed by atoms with Crippen molar-refractivity contribution in [2.75, 3.05) is 6.54 Å². The molecule has 2 rings (SSSR count). The van der Waals surface area contributed by atoms with E-state index in [0.717, 1.165) is 36.6 Å². The fourth-order valence-electron chi connectivity index (χ4n) is 2.87.